The van der Waals surface area contributed by atoms with Gasteiger partial charge in [-0.3, -0.25) is 4.79 Å². The number of carbonyl (C=O) groups excluding carboxylic acids is 1. The molecule has 164 valence electrons. The Balaban J connectivity index is 2.33. The van der Waals surface area contributed by atoms with Gasteiger partial charge in [-0.1, -0.05) is 6.07 Å². The fraction of sp³-hybridized carbons (Fsp3) is 0.381. The molecule has 1 amide bonds. The summed E-state index contributed by atoms with van der Waals surface area (Å²) in [5, 5.41) is 0. The van der Waals surface area contributed by atoms with Crippen molar-refractivity contribution >= 4 is 31.9 Å². The van der Waals surface area contributed by atoms with Crippen molar-refractivity contribution in [3.8, 4) is 11.5 Å². The van der Waals surface area contributed by atoms with Crippen LogP contribution in [0.2, 0.25) is 0 Å². The Morgan fingerprint density at radius 1 is 1.07 bits per heavy atom. The SMILES string of the molecule is CCOc1ccc(CN(CC)C(=O)c2ccc(Br)c(S(=O)(=O)N(C)C)c2)cc1OC. The van der Waals surface area contributed by atoms with Gasteiger partial charge in [-0.2, -0.15) is 0 Å². The van der Waals surface area contributed by atoms with Gasteiger partial charge in [-0.05, 0) is 65.7 Å². The largest absolute Gasteiger partial charge is 0.493 e. The number of sulfonamides is 1. The molecule has 2 rings (SSSR count). The van der Waals surface area contributed by atoms with Gasteiger partial charge in [-0.25, -0.2) is 12.7 Å². The van der Waals surface area contributed by atoms with Crippen molar-refractivity contribution in [2.45, 2.75) is 25.3 Å². The molecule has 0 N–H and O–H groups in total. The first-order chi connectivity index (χ1) is 14.1. The van der Waals surface area contributed by atoms with Crippen molar-refractivity contribution in [1.29, 1.82) is 0 Å². The summed E-state index contributed by atoms with van der Waals surface area (Å²) in [7, 11) is 0.784. The number of methoxy groups -OCH3 is 1. The average molecular weight is 499 g/mol. The normalized spacial score (nSPS) is 11.4. The average Bonchev–Trinajstić information content (AvgIpc) is 2.72. The number of amides is 1. The molecule has 0 saturated carbocycles. The Kier molecular flexibility index (Phi) is 8.28. The number of carbonyl (C=O) groups is 1. The molecule has 0 bridgehead atoms. The maximum atomic E-state index is 13.1. The molecule has 30 heavy (non-hydrogen) atoms. The van der Waals surface area contributed by atoms with Crippen LogP contribution in [0.25, 0.3) is 0 Å². The molecule has 0 aliphatic carbocycles. The van der Waals surface area contributed by atoms with E-state index in [1.54, 1.807) is 24.1 Å². The van der Waals surface area contributed by atoms with E-state index < -0.39 is 10.0 Å². The Morgan fingerprint density at radius 3 is 2.33 bits per heavy atom. The molecule has 0 radical (unpaired) electrons. The third-order valence-electron chi connectivity index (χ3n) is 4.51. The van der Waals surface area contributed by atoms with E-state index in [2.05, 4.69) is 15.9 Å². The van der Waals surface area contributed by atoms with Crippen molar-refractivity contribution in [3.05, 3.63) is 52.0 Å². The molecule has 2 aromatic rings. The van der Waals surface area contributed by atoms with Crippen LogP contribution in [0.15, 0.2) is 45.8 Å². The lowest BCUT2D eigenvalue weighted by molar-refractivity contribution is 0.0752. The Hall–Kier alpha value is -2.10. The van der Waals surface area contributed by atoms with E-state index in [1.165, 1.54) is 20.2 Å². The lowest BCUT2D eigenvalue weighted by atomic mass is 10.1. The van der Waals surface area contributed by atoms with Crippen molar-refractivity contribution in [2.24, 2.45) is 0 Å². The highest BCUT2D eigenvalue weighted by Gasteiger charge is 2.24. The Morgan fingerprint density at radius 2 is 1.77 bits per heavy atom. The fourth-order valence-corrected chi connectivity index (χ4v) is 4.69. The highest BCUT2D eigenvalue weighted by molar-refractivity contribution is 9.10. The number of ether oxygens (including phenoxy) is 2. The van der Waals surface area contributed by atoms with E-state index in [9.17, 15) is 13.2 Å². The van der Waals surface area contributed by atoms with E-state index in [1.807, 2.05) is 32.0 Å². The molecule has 0 atom stereocenters. The van der Waals surface area contributed by atoms with Crippen molar-refractivity contribution < 1.29 is 22.7 Å². The summed E-state index contributed by atoms with van der Waals surface area (Å²) < 4.78 is 37.6. The predicted octanol–water partition coefficient (Wildman–Crippen LogP) is 3.77. The third-order valence-corrected chi connectivity index (χ3v) is 7.32. The molecule has 0 heterocycles. The highest BCUT2D eigenvalue weighted by atomic mass is 79.9. The summed E-state index contributed by atoms with van der Waals surface area (Å²) in [4.78, 5) is 14.8. The first-order valence-corrected chi connectivity index (χ1v) is 11.7. The molecule has 0 fully saturated rings. The van der Waals surface area contributed by atoms with E-state index >= 15 is 0 Å². The summed E-state index contributed by atoms with van der Waals surface area (Å²) in [5.41, 5.74) is 1.18. The van der Waals surface area contributed by atoms with Gasteiger partial charge in [-0.15, -0.1) is 0 Å². The molecule has 7 nitrogen and oxygen atoms in total. The van der Waals surface area contributed by atoms with Crippen LogP contribution in [0, 0.1) is 0 Å². The zero-order valence-corrected chi connectivity index (χ0v) is 20.2. The molecule has 0 aliphatic rings. The number of rotatable bonds is 9. The van der Waals surface area contributed by atoms with Gasteiger partial charge in [0.25, 0.3) is 5.91 Å². The van der Waals surface area contributed by atoms with Crippen molar-refractivity contribution in [3.63, 3.8) is 0 Å². The van der Waals surface area contributed by atoms with Gasteiger partial charge in [0.15, 0.2) is 11.5 Å². The lowest BCUT2D eigenvalue weighted by Gasteiger charge is -2.22. The van der Waals surface area contributed by atoms with E-state index in [0.29, 0.717) is 41.2 Å². The monoisotopic (exact) mass is 498 g/mol. The van der Waals surface area contributed by atoms with Gasteiger partial charge < -0.3 is 14.4 Å². The predicted molar refractivity (Wildman–Crippen MR) is 120 cm³/mol. The lowest BCUT2D eigenvalue weighted by Crippen LogP contribution is -2.30. The number of halogens is 1. The smallest absolute Gasteiger partial charge is 0.254 e. The number of hydrogen-bond donors (Lipinski definition) is 0. The summed E-state index contributed by atoms with van der Waals surface area (Å²) in [5.74, 6) is 0.985. The van der Waals surface area contributed by atoms with Crippen LogP contribution >= 0.6 is 15.9 Å². The number of hydrogen-bond acceptors (Lipinski definition) is 5. The highest BCUT2D eigenvalue weighted by Crippen LogP contribution is 2.29. The summed E-state index contributed by atoms with van der Waals surface area (Å²) in [6, 6.07) is 10.1. The molecular weight excluding hydrogens is 472 g/mol. The quantitative estimate of drug-likeness (QED) is 0.525. The van der Waals surface area contributed by atoms with Gasteiger partial charge in [0.05, 0.1) is 18.6 Å². The van der Waals surface area contributed by atoms with Crippen LogP contribution in [-0.2, 0) is 16.6 Å². The maximum Gasteiger partial charge on any atom is 0.254 e. The molecule has 0 aromatic heterocycles. The molecule has 2 aromatic carbocycles. The number of nitrogens with zero attached hydrogens (tertiary/aromatic N) is 2. The molecule has 0 unspecified atom stereocenters. The second kappa shape index (κ2) is 10.3. The van der Waals surface area contributed by atoms with Crippen LogP contribution < -0.4 is 9.47 Å². The first kappa shape index (κ1) is 24.2. The zero-order chi connectivity index (χ0) is 22.5. The Labute approximate surface area is 186 Å². The number of benzene rings is 2. The van der Waals surface area contributed by atoms with E-state index in [-0.39, 0.29) is 10.8 Å². The van der Waals surface area contributed by atoms with Gasteiger partial charge >= 0.3 is 0 Å². The fourth-order valence-electron chi connectivity index (χ4n) is 2.85. The van der Waals surface area contributed by atoms with Crippen LogP contribution in [0.3, 0.4) is 0 Å². The molecule has 0 saturated heterocycles. The Bertz CT molecular complexity index is 1010. The van der Waals surface area contributed by atoms with Crippen LogP contribution in [-0.4, -0.2) is 57.9 Å². The first-order valence-electron chi connectivity index (χ1n) is 9.46. The molecular formula is C21H27BrN2O5S. The van der Waals surface area contributed by atoms with E-state index in [0.717, 1.165) is 9.87 Å². The maximum absolute atomic E-state index is 13.1. The summed E-state index contributed by atoms with van der Waals surface area (Å²) >= 11 is 3.27. The minimum absolute atomic E-state index is 0.0529. The summed E-state index contributed by atoms with van der Waals surface area (Å²) in [6.45, 7) is 5.11. The molecule has 0 aliphatic heterocycles. The minimum Gasteiger partial charge on any atom is -0.493 e. The van der Waals surface area contributed by atoms with Gasteiger partial charge in [0.1, 0.15) is 0 Å². The van der Waals surface area contributed by atoms with Crippen molar-refractivity contribution in [1.82, 2.24) is 9.21 Å². The van der Waals surface area contributed by atoms with E-state index in [4.69, 9.17) is 9.47 Å². The summed E-state index contributed by atoms with van der Waals surface area (Å²) in [6.07, 6.45) is 0. The van der Waals surface area contributed by atoms with Crippen LogP contribution in [0.5, 0.6) is 11.5 Å². The minimum atomic E-state index is -3.69. The van der Waals surface area contributed by atoms with Gasteiger partial charge in [0.2, 0.25) is 10.0 Å². The molecule has 0 spiro atoms. The molecule has 9 heteroatoms. The standard InChI is InChI=1S/C21H27BrN2O5S/c1-6-24(14-15-8-11-18(29-7-2)19(12-15)28-5)21(25)16-9-10-17(22)20(13-16)30(26,27)23(3)4/h8-13H,6-7,14H2,1-5H3. The van der Waals surface area contributed by atoms with Crippen molar-refractivity contribution in [2.75, 3.05) is 34.4 Å². The topological polar surface area (TPSA) is 76.2 Å². The van der Waals surface area contributed by atoms with Crippen LogP contribution in [0.4, 0.5) is 0 Å². The third kappa shape index (κ3) is 5.33. The second-order valence-corrected chi connectivity index (χ2v) is 9.64. The van der Waals surface area contributed by atoms with Crippen LogP contribution in [0.1, 0.15) is 29.8 Å². The zero-order valence-electron chi connectivity index (χ0n) is 17.8. The van der Waals surface area contributed by atoms with Gasteiger partial charge in [0, 0.05) is 37.2 Å². The second-order valence-electron chi connectivity index (χ2n) is 6.67.